The summed E-state index contributed by atoms with van der Waals surface area (Å²) in [6, 6.07) is 2.02. The molecule has 1 atom stereocenters. The lowest BCUT2D eigenvalue weighted by Gasteiger charge is -2.29. The molecule has 1 heterocycles. The summed E-state index contributed by atoms with van der Waals surface area (Å²) in [6.07, 6.45) is 2.63. The number of hydrogen-bond acceptors (Lipinski definition) is 3. The molecule has 17 heavy (non-hydrogen) atoms. The minimum atomic E-state index is -0.910. The minimum absolute atomic E-state index is 0.285. The monoisotopic (exact) mass is 236 g/mol. The number of anilines is 1. The molecule has 1 rings (SSSR count). The molecule has 0 saturated heterocycles. The number of aromatic nitrogens is 1. The van der Waals surface area contributed by atoms with Crippen LogP contribution in [-0.4, -0.2) is 28.6 Å². The average molecular weight is 236 g/mol. The number of pyridine rings is 1. The molecule has 4 nitrogen and oxygen atoms in total. The fourth-order valence-electron chi connectivity index (χ4n) is 1.92. The SMILES string of the molecule is CCC(C)N(CC)c1nccc(C)c1C(=O)O. The van der Waals surface area contributed by atoms with Gasteiger partial charge in [0.05, 0.1) is 0 Å². The Labute approximate surface area is 102 Å². The van der Waals surface area contributed by atoms with Gasteiger partial charge in [-0.1, -0.05) is 6.92 Å². The van der Waals surface area contributed by atoms with E-state index in [0.717, 1.165) is 18.5 Å². The summed E-state index contributed by atoms with van der Waals surface area (Å²) < 4.78 is 0. The predicted octanol–water partition coefficient (Wildman–Crippen LogP) is 2.71. The molecule has 0 fully saturated rings. The van der Waals surface area contributed by atoms with Gasteiger partial charge in [0, 0.05) is 18.8 Å². The molecule has 0 aromatic carbocycles. The molecule has 1 aromatic rings. The molecule has 0 bridgehead atoms. The number of aryl methyl sites for hydroxylation is 1. The second kappa shape index (κ2) is 5.66. The normalized spacial score (nSPS) is 12.2. The number of carbonyl (C=O) groups is 1. The lowest BCUT2D eigenvalue weighted by atomic mass is 10.1. The first-order valence-corrected chi connectivity index (χ1v) is 5.98. The average Bonchev–Trinajstić information content (AvgIpc) is 2.29. The Morgan fingerprint density at radius 3 is 2.65 bits per heavy atom. The number of aromatic carboxylic acids is 1. The molecule has 0 radical (unpaired) electrons. The molecular weight excluding hydrogens is 216 g/mol. The van der Waals surface area contributed by atoms with E-state index in [1.165, 1.54) is 0 Å². The van der Waals surface area contributed by atoms with E-state index in [-0.39, 0.29) is 6.04 Å². The van der Waals surface area contributed by atoms with Gasteiger partial charge in [-0.05, 0) is 38.8 Å². The van der Waals surface area contributed by atoms with Crippen molar-refractivity contribution in [2.45, 2.75) is 40.2 Å². The maximum Gasteiger partial charge on any atom is 0.339 e. The van der Waals surface area contributed by atoms with Crippen LogP contribution in [0, 0.1) is 6.92 Å². The fourth-order valence-corrected chi connectivity index (χ4v) is 1.92. The van der Waals surface area contributed by atoms with E-state index in [9.17, 15) is 9.90 Å². The summed E-state index contributed by atoms with van der Waals surface area (Å²) >= 11 is 0. The highest BCUT2D eigenvalue weighted by Crippen LogP contribution is 2.23. The van der Waals surface area contributed by atoms with Crippen molar-refractivity contribution >= 4 is 11.8 Å². The summed E-state index contributed by atoms with van der Waals surface area (Å²) in [5.41, 5.74) is 1.07. The van der Waals surface area contributed by atoms with Gasteiger partial charge in [-0.2, -0.15) is 0 Å². The Balaban J connectivity index is 3.28. The molecule has 0 aliphatic heterocycles. The molecule has 1 N–H and O–H groups in total. The Hall–Kier alpha value is -1.58. The van der Waals surface area contributed by atoms with Crippen molar-refractivity contribution in [1.82, 2.24) is 4.98 Å². The topological polar surface area (TPSA) is 53.4 Å². The highest BCUT2D eigenvalue weighted by Gasteiger charge is 2.21. The van der Waals surface area contributed by atoms with Crippen LogP contribution in [-0.2, 0) is 0 Å². The molecule has 0 saturated carbocycles. The van der Waals surface area contributed by atoms with Crippen LogP contribution in [0.5, 0.6) is 0 Å². The van der Waals surface area contributed by atoms with E-state index >= 15 is 0 Å². The third kappa shape index (κ3) is 2.75. The summed E-state index contributed by atoms with van der Waals surface area (Å²) in [4.78, 5) is 17.6. The van der Waals surface area contributed by atoms with Crippen molar-refractivity contribution in [2.75, 3.05) is 11.4 Å². The maximum atomic E-state index is 11.3. The predicted molar refractivity (Wildman–Crippen MR) is 68.7 cm³/mol. The van der Waals surface area contributed by atoms with Crippen LogP contribution in [0.3, 0.4) is 0 Å². The molecule has 1 unspecified atom stereocenters. The maximum absolute atomic E-state index is 11.3. The van der Waals surface area contributed by atoms with Gasteiger partial charge in [0.2, 0.25) is 0 Å². The van der Waals surface area contributed by atoms with Crippen molar-refractivity contribution in [3.05, 3.63) is 23.4 Å². The second-order valence-electron chi connectivity index (χ2n) is 4.17. The summed E-state index contributed by atoms with van der Waals surface area (Å²) in [5.74, 6) is -0.332. The van der Waals surface area contributed by atoms with Crippen LogP contribution in [0.4, 0.5) is 5.82 Å². The van der Waals surface area contributed by atoms with Crippen molar-refractivity contribution in [3.63, 3.8) is 0 Å². The fraction of sp³-hybridized carbons (Fsp3) is 0.538. The van der Waals surface area contributed by atoms with Gasteiger partial charge in [0.15, 0.2) is 0 Å². The van der Waals surface area contributed by atoms with Crippen LogP contribution in [0.1, 0.15) is 43.1 Å². The zero-order valence-electron chi connectivity index (χ0n) is 10.9. The van der Waals surface area contributed by atoms with Gasteiger partial charge < -0.3 is 10.0 Å². The molecule has 0 spiro atoms. The van der Waals surface area contributed by atoms with E-state index in [1.54, 1.807) is 19.2 Å². The first-order chi connectivity index (χ1) is 8.02. The van der Waals surface area contributed by atoms with Crippen molar-refractivity contribution in [1.29, 1.82) is 0 Å². The van der Waals surface area contributed by atoms with E-state index in [0.29, 0.717) is 11.4 Å². The minimum Gasteiger partial charge on any atom is -0.478 e. The summed E-state index contributed by atoms with van der Waals surface area (Å²) in [7, 11) is 0. The molecule has 0 aliphatic rings. The third-order valence-electron chi connectivity index (χ3n) is 3.09. The number of rotatable bonds is 5. The summed E-state index contributed by atoms with van der Waals surface area (Å²) in [5, 5.41) is 9.28. The quantitative estimate of drug-likeness (QED) is 0.854. The largest absolute Gasteiger partial charge is 0.478 e. The van der Waals surface area contributed by atoms with Crippen molar-refractivity contribution < 1.29 is 9.90 Å². The number of carboxylic acid groups (broad SMARTS) is 1. The van der Waals surface area contributed by atoms with Gasteiger partial charge >= 0.3 is 5.97 Å². The van der Waals surface area contributed by atoms with E-state index in [4.69, 9.17) is 0 Å². The summed E-state index contributed by atoms with van der Waals surface area (Å²) in [6.45, 7) is 8.75. The van der Waals surface area contributed by atoms with Gasteiger partial charge in [0.25, 0.3) is 0 Å². The van der Waals surface area contributed by atoms with Crippen molar-refractivity contribution in [2.24, 2.45) is 0 Å². The standard InChI is InChI=1S/C13H20N2O2/c1-5-10(4)15(6-2)12-11(13(16)17)9(3)7-8-14-12/h7-8,10H,5-6H2,1-4H3,(H,16,17). The van der Waals surface area contributed by atoms with Crippen LogP contribution < -0.4 is 4.90 Å². The number of nitrogens with zero attached hydrogens (tertiary/aromatic N) is 2. The molecule has 4 heteroatoms. The second-order valence-corrected chi connectivity index (χ2v) is 4.17. The van der Waals surface area contributed by atoms with Crippen LogP contribution in [0.15, 0.2) is 12.3 Å². The van der Waals surface area contributed by atoms with Gasteiger partial charge in [-0.25, -0.2) is 9.78 Å². The Kier molecular flexibility index (Phi) is 4.49. The lowest BCUT2D eigenvalue weighted by Crippen LogP contribution is -2.34. The molecule has 94 valence electrons. The lowest BCUT2D eigenvalue weighted by molar-refractivity contribution is 0.0696. The van der Waals surface area contributed by atoms with Crippen LogP contribution in [0.2, 0.25) is 0 Å². The zero-order chi connectivity index (χ0) is 13.0. The van der Waals surface area contributed by atoms with Crippen molar-refractivity contribution in [3.8, 4) is 0 Å². The van der Waals surface area contributed by atoms with Gasteiger partial charge in [-0.15, -0.1) is 0 Å². The number of carboxylic acids is 1. The first kappa shape index (κ1) is 13.5. The highest BCUT2D eigenvalue weighted by molar-refractivity contribution is 5.95. The van der Waals surface area contributed by atoms with Crippen LogP contribution in [0.25, 0.3) is 0 Å². The van der Waals surface area contributed by atoms with Crippen LogP contribution >= 0.6 is 0 Å². The molecular formula is C13H20N2O2. The first-order valence-electron chi connectivity index (χ1n) is 5.98. The van der Waals surface area contributed by atoms with E-state index in [1.807, 2.05) is 11.8 Å². The van der Waals surface area contributed by atoms with E-state index in [2.05, 4.69) is 18.8 Å². The molecule has 0 aliphatic carbocycles. The number of hydrogen-bond donors (Lipinski definition) is 1. The van der Waals surface area contributed by atoms with Gasteiger partial charge in [0.1, 0.15) is 11.4 Å². The van der Waals surface area contributed by atoms with Gasteiger partial charge in [-0.3, -0.25) is 0 Å². The molecule has 1 aromatic heterocycles. The Morgan fingerprint density at radius 1 is 1.53 bits per heavy atom. The smallest absolute Gasteiger partial charge is 0.339 e. The third-order valence-corrected chi connectivity index (χ3v) is 3.09. The highest BCUT2D eigenvalue weighted by atomic mass is 16.4. The Morgan fingerprint density at radius 2 is 2.18 bits per heavy atom. The Bertz CT molecular complexity index is 404. The molecule has 0 amide bonds. The van der Waals surface area contributed by atoms with E-state index < -0.39 is 5.97 Å². The zero-order valence-corrected chi connectivity index (χ0v) is 10.9.